The maximum atomic E-state index is 13.1. The number of benzene rings is 1. The summed E-state index contributed by atoms with van der Waals surface area (Å²) in [7, 11) is 2.68. The van der Waals surface area contributed by atoms with Crippen molar-refractivity contribution in [3.8, 4) is 0 Å². The predicted molar refractivity (Wildman–Crippen MR) is 66.2 cm³/mol. The number of rotatable bonds is 5. The standard InChI is InChI=1S/C13H15F4NO3/c1-18(6-9(19)7-21-2)12(20)8-3-4-11(14)10(5-8)13(15,16)17/h3-5,9,19H,6-7H2,1-2H3. The summed E-state index contributed by atoms with van der Waals surface area (Å²) < 4.78 is 55.6. The van der Waals surface area contributed by atoms with Crippen LogP contribution in [0, 0.1) is 5.82 Å². The number of nitrogens with zero attached hydrogens (tertiary/aromatic N) is 1. The van der Waals surface area contributed by atoms with Gasteiger partial charge < -0.3 is 14.7 Å². The molecule has 0 spiro atoms. The molecular weight excluding hydrogens is 294 g/mol. The number of methoxy groups -OCH3 is 1. The maximum absolute atomic E-state index is 13.1. The molecule has 1 aromatic carbocycles. The van der Waals surface area contributed by atoms with E-state index in [0.717, 1.165) is 11.0 Å². The number of carbonyl (C=O) groups excluding carboxylic acids is 1. The molecule has 0 aliphatic heterocycles. The van der Waals surface area contributed by atoms with Gasteiger partial charge in [0.05, 0.1) is 18.3 Å². The van der Waals surface area contributed by atoms with E-state index < -0.39 is 29.6 Å². The monoisotopic (exact) mass is 309 g/mol. The number of aliphatic hydroxyl groups is 1. The molecule has 0 saturated carbocycles. The predicted octanol–water partition coefficient (Wildman–Crippen LogP) is 1.92. The minimum atomic E-state index is -4.88. The quantitative estimate of drug-likeness (QED) is 0.846. The summed E-state index contributed by atoms with van der Waals surface area (Å²) in [6.45, 7) is -0.139. The fraction of sp³-hybridized carbons (Fsp3) is 0.462. The number of ether oxygens (including phenoxy) is 1. The smallest absolute Gasteiger partial charge is 0.389 e. The van der Waals surface area contributed by atoms with E-state index in [9.17, 15) is 27.5 Å². The van der Waals surface area contributed by atoms with Crippen LogP contribution in [-0.4, -0.2) is 49.3 Å². The third kappa shape index (κ3) is 4.68. The van der Waals surface area contributed by atoms with E-state index in [-0.39, 0.29) is 18.7 Å². The van der Waals surface area contributed by atoms with Crippen LogP contribution in [0.15, 0.2) is 18.2 Å². The molecule has 1 amide bonds. The molecule has 1 rings (SSSR count). The number of alkyl halides is 3. The summed E-state index contributed by atoms with van der Waals surface area (Å²) in [5, 5.41) is 9.48. The summed E-state index contributed by atoms with van der Waals surface area (Å²) in [5.74, 6) is -2.20. The van der Waals surface area contributed by atoms with Crippen molar-refractivity contribution in [1.29, 1.82) is 0 Å². The summed E-state index contributed by atoms with van der Waals surface area (Å²) >= 11 is 0. The zero-order chi connectivity index (χ0) is 16.2. The molecule has 0 fully saturated rings. The van der Waals surface area contributed by atoms with E-state index in [1.807, 2.05) is 0 Å². The van der Waals surface area contributed by atoms with E-state index in [1.54, 1.807) is 0 Å². The minimum absolute atomic E-state index is 0.0190. The number of amides is 1. The average Bonchev–Trinajstić information content (AvgIpc) is 2.37. The van der Waals surface area contributed by atoms with Gasteiger partial charge in [0.25, 0.3) is 5.91 Å². The van der Waals surface area contributed by atoms with Crippen molar-refractivity contribution in [3.05, 3.63) is 35.1 Å². The largest absolute Gasteiger partial charge is 0.419 e. The van der Waals surface area contributed by atoms with Crippen molar-refractivity contribution >= 4 is 5.91 Å². The molecule has 0 radical (unpaired) electrons. The number of halogens is 4. The number of aliphatic hydroxyl groups excluding tert-OH is 1. The molecular formula is C13H15F4NO3. The fourth-order valence-electron chi connectivity index (χ4n) is 1.74. The number of likely N-dealkylation sites (N-methyl/N-ethyl adjacent to an activating group) is 1. The van der Waals surface area contributed by atoms with Gasteiger partial charge in [-0.1, -0.05) is 0 Å². The van der Waals surface area contributed by atoms with Gasteiger partial charge in [0.15, 0.2) is 0 Å². The Labute approximate surface area is 118 Å². The van der Waals surface area contributed by atoms with Gasteiger partial charge in [-0.3, -0.25) is 4.79 Å². The molecule has 21 heavy (non-hydrogen) atoms. The van der Waals surface area contributed by atoms with Crippen molar-refractivity contribution in [3.63, 3.8) is 0 Å². The van der Waals surface area contributed by atoms with Crippen LogP contribution in [0.3, 0.4) is 0 Å². The summed E-state index contributed by atoms with van der Waals surface area (Å²) in [6.07, 6.45) is -5.85. The second-order valence-corrected chi connectivity index (χ2v) is 4.49. The first-order valence-corrected chi connectivity index (χ1v) is 5.96. The maximum Gasteiger partial charge on any atom is 0.419 e. The summed E-state index contributed by atoms with van der Waals surface area (Å²) in [6, 6.07) is 2.01. The SMILES string of the molecule is COCC(O)CN(C)C(=O)c1ccc(F)c(C(F)(F)F)c1. The van der Waals surface area contributed by atoms with Crippen molar-refractivity contribution in [1.82, 2.24) is 4.90 Å². The molecule has 1 aromatic rings. The Hall–Kier alpha value is -1.67. The summed E-state index contributed by atoms with van der Waals surface area (Å²) in [4.78, 5) is 13.0. The first-order valence-electron chi connectivity index (χ1n) is 5.96. The zero-order valence-electron chi connectivity index (χ0n) is 11.4. The molecule has 0 aliphatic carbocycles. The van der Waals surface area contributed by atoms with E-state index in [0.29, 0.717) is 12.1 Å². The summed E-state index contributed by atoms with van der Waals surface area (Å²) in [5.41, 5.74) is -1.81. The van der Waals surface area contributed by atoms with Gasteiger partial charge in [-0.2, -0.15) is 13.2 Å². The van der Waals surface area contributed by atoms with Crippen LogP contribution in [0.5, 0.6) is 0 Å². The Balaban J connectivity index is 2.93. The first kappa shape index (κ1) is 17.4. The first-order chi connectivity index (χ1) is 9.66. The van der Waals surface area contributed by atoms with E-state index in [1.165, 1.54) is 14.2 Å². The highest BCUT2D eigenvalue weighted by Crippen LogP contribution is 2.32. The Kier molecular flexibility index (Phi) is 5.68. The average molecular weight is 309 g/mol. The lowest BCUT2D eigenvalue weighted by Gasteiger charge is -2.21. The van der Waals surface area contributed by atoms with Gasteiger partial charge in [-0.25, -0.2) is 4.39 Å². The number of carbonyl (C=O) groups is 1. The highest BCUT2D eigenvalue weighted by atomic mass is 19.4. The van der Waals surface area contributed by atoms with Crippen molar-refractivity contribution < 1.29 is 32.2 Å². The second-order valence-electron chi connectivity index (χ2n) is 4.49. The van der Waals surface area contributed by atoms with Crippen LogP contribution >= 0.6 is 0 Å². The zero-order valence-corrected chi connectivity index (χ0v) is 11.4. The third-order valence-electron chi connectivity index (χ3n) is 2.71. The van der Waals surface area contributed by atoms with Crippen molar-refractivity contribution in [2.45, 2.75) is 12.3 Å². The topological polar surface area (TPSA) is 49.8 Å². The molecule has 1 atom stereocenters. The van der Waals surface area contributed by atoms with Crippen LogP contribution in [0.1, 0.15) is 15.9 Å². The van der Waals surface area contributed by atoms with Gasteiger partial charge in [-0.15, -0.1) is 0 Å². The molecule has 0 bridgehead atoms. The van der Waals surface area contributed by atoms with Crippen LogP contribution in [0.25, 0.3) is 0 Å². The van der Waals surface area contributed by atoms with Gasteiger partial charge >= 0.3 is 6.18 Å². The molecule has 118 valence electrons. The Morgan fingerprint density at radius 3 is 2.57 bits per heavy atom. The highest BCUT2D eigenvalue weighted by molar-refractivity contribution is 5.94. The lowest BCUT2D eigenvalue weighted by Crippen LogP contribution is -2.36. The molecule has 1 N–H and O–H groups in total. The van der Waals surface area contributed by atoms with Crippen molar-refractivity contribution in [2.75, 3.05) is 27.3 Å². The van der Waals surface area contributed by atoms with Gasteiger partial charge in [0.2, 0.25) is 0 Å². The van der Waals surface area contributed by atoms with Gasteiger partial charge in [0, 0.05) is 26.3 Å². The second kappa shape index (κ2) is 6.86. The Bertz CT molecular complexity index is 505. The molecule has 0 heterocycles. The minimum Gasteiger partial charge on any atom is -0.389 e. The molecule has 4 nitrogen and oxygen atoms in total. The van der Waals surface area contributed by atoms with Crippen molar-refractivity contribution in [2.24, 2.45) is 0 Å². The van der Waals surface area contributed by atoms with Crippen LogP contribution in [-0.2, 0) is 10.9 Å². The molecule has 8 heteroatoms. The van der Waals surface area contributed by atoms with Crippen LogP contribution in [0.4, 0.5) is 17.6 Å². The Morgan fingerprint density at radius 1 is 1.43 bits per heavy atom. The van der Waals surface area contributed by atoms with Crippen LogP contribution < -0.4 is 0 Å². The van der Waals surface area contributed by atoms with E-state index in [4.69, 9.17) is 0 Å². The normalized spacial score (nSPS) is 13.1. The molecule has 0 aromatic heterocycles. The highest BCUT2D eigenvalue weighted by Gasteiger charge is 2.35. The fourth-order valence-corrected chi connectivity index (χ4v) is 1.74. The lowest BCUT2D eigenvalue weighted by molar-refractivity contribution is -0.140. The number of hydrogen-bond acceptors (Lipinski definition) is 3. The molecule has 0 aliphatic rings. The Morgan fingerprint density at radius 2 is 2.05 bits per heavy atom. The van der Waals surface area contributed by atoms with Gasteiger partial charge in [-0.05, 0) is 18.2 Å². The van der Waals surface area contributed by atoms with E-state index >= 15 is 0 Å². The number of hydrogen-bond donors (Lipinski definition) is 1. The molecule has 1 unspecified atom stereocenters. The third-order valence-corrected chi connectivity index (χ3v) is 2.71. The molecule has 0 saturated heterocycles. The van der Waals surface area contributed by atoms with E-state index in [2.05, 4.69) is 4.74 Å². The van der Waals surface area contributed by atoms with Gasteiger partial charge in [0.1, 0.15) is 5.82 Å². The van der Waals surface area contributed by atoms with Crippen LogP contribution in [0.2, 0.25) is 0 Å². The lowest BCUT2D eigenvalue weighted by atomic mass is 10.1.